The van der Waals surface area contributed by atoms with Gasteiger partial charge in [0.15, 0.2) is 0 Å². The van der Waals surface area contributed by atoms with Crippen molar-refractivity contribution in [1.82, 2.24) is 0 Å². The van der Waals surface area contributed by atoms with Crippen molar-refractivity contribution in [3.8, 4) is 5.75 Å². The fourth-order valence-electron chi connectivity index (χ4n) is 1.78. The molecule has 0 spiro atoms. The number of carbonyl (C=O) groups excluding carboxylic acids is 1. The van der Waals surface area contributed by atoms with Gasteiger partial charge in [0.2, 0.25) is 0 Å². The zero-order valence-corrected chi connectivity index (χ0v) is 12.1. The second kappa shape index (κ2) is 10.3. The third-order valence-electron chi connectivity index (χ3n) is 2.96. The molecule has 4 heteroatoms. The number of phenols is 1. The number of hydrogen-bond donors (Lipinski definition) is 1. The number of carbonyl (C=O) groups is 1. The third-order valence-corrected chi connectivity index (χ3v) is 2.96. The lowest BCUT2D eigenvalue weighted by Gasteiger charge is -2.06. The second-order valence-electron chi connectivity index (χ2n) is 4.71. The van der Waals surface area contributed by atoms with Gasteiger partial charge in [-0.05, 0) is 30.7 Å². The molecule has 112 valence electrons. The lowest BCUT2D eigenvalue weighted by atomic mass is 10.2. The van der Waals surface area contributed by atoms with Gasteiger partial charge in [-0.25, -0.2) is 4.79 Å². The van der Waals surface area contributed by atoms with Crippen LogP contribution in [0.25, 0.3) is 0 Å². The highest BCUT2D eigenvalue weighted by Crippen LogP contribution is 2.10. The van der Waals surface area contributed by atoms with E-state index in [0.717, 1.165) is 13.0 Å². The van der Waals surface area contributed by atoms with E-state index in [1.54, 1.807) is 0 Å². The van der Waals surface area contributed by atoms with E-state index in [1.807, 2.05) is 0 Å². The molecule has 0 unspecified atom stereocenters. The molecular formula is C16H24O4. The van der Waals surface area contributed by atoms with Crippen molar-refractivity contribution in [1.29, 1.82) is 0 Å². The molecule has 0 fully saturated rings. The van der Waals surface area contributed by atoms with Crippen LogP contribution in [0.5, 0.6) is 5.75 Å². The maximum atomic E-state index is 11.6. The molecule has 20 heavy (non-hydrogen) atoms. The highest BCUT2D eigenvalue weighted by atomic mass is 16.6. The summed E-state index contributed by atoms with van der Waals surface area (Å²) in [5.41, 5.74) is 0.433. The minimum atomic E-state index is -0.392. The number of aromatic hydroxyl groups is 1. The Hall–Kier alpha value is -1.55. The first-order chi connectivity index (χ1) is 9.74. The van der Waals surface area contributed by atoms with Gasteiger partial charge in [-0.1, -0.05) is 32.6 Å². The van der Waals surface area contributed by atoms with Gasteiger partial charge >= 0.3 is 5.97 Å². The molecule has 0 aromatic heterocycles. The summed E-state index contributed by atoms with van der Waals surface area (Å²) >= 11 is 0. The first-order valence-electron chi connectivity index (χ1n) is 7.28. The van der Waals surface area contributed by atoms with Crippen molar-refractivity contribution < 1.29 is 19.4 Å². The molecule has 0 saturated heterocycles. The zero-order valence-electron chi connectivity index (χ0n) is 12.1. The number of benzene rings is 1. The normalized spacial score (nSPS) is 10.4. The zero-order chi connectivity index (χ0) is 14.6. The van der Waals surface area contributed by atoms with Crippen LogP contribution in [-0.2, 0) is 9.47 Å². The van der Waals surface area contributed by atoms with E-state index in [2.05, 4.69) is 6.92 Å². The lowest BCUT2D eigenvalue weighted by molar-refractivity contribution is 0.0312. The molecule has 0 radical (unpaired) electrons. The molecule has 1 aromatic carbocycles. The monoisotopic (exact) mass is 280 g/mol. The molecule has 0 saturated carbocycles. The van der Waals surface area contributed by atoms with Crippen LogP contribution in [0.15, 0.2) is 24.3 Å². The summed E-state index contributed by atoms with van der Waals surface area (Å²) in [7, 11) is 0. The van der Waals surface area contributed by atoms with Crippen molar-refractivity contribution in [3.63, 3.8) is 0 Å². The number of unbranched alkanes of at least 4 members (excludes halogenated alkanes) is 4. The fourth-order valence-corrected chi connectivity index (χ4v) is 1.78. The average Bonchev–Trinajstić information content (AvgIpc) is 2.46. The van der Waals surface area contributed by atoms with Gasteiger partial charge in [0.05, 0.1) is 12.2 Å². The summed E-state index contributed by atoms with van der Waals surface area (Å²) in [5, 5.41) is 9.12. The Balaban J connectivity index is 2.01. The van der Waals surface area contributed by atoms with Crippen LogP contribution in [0.3, 0.4) is 0 Å². The van der Waals surface area contributed by atoms with Gasteiger partial charge in [-0.2, -0.15) is 0 Å². The topological polar surface area (TPSA) is 55.8 Å². The fraction of sp³-hybridized carbons (Fsp3) is 0.562. The van der Waals surface area contributed by atoms with E-state index in [-0.39, 0.29) is 12.4 Å². The standard InChI is InChI=1S/C16H24O4/c1-2-3-4-5-6-11-19-12-13-20-16(18)14-7-9-15(17)10-8-14/h7-10,17H,2-6,11-13H2,1H3. The highest BCUT2D eigenvalue weighted by molar-refractivity contribution is 5.89. The van der Waals surface area contributed by atoms with Gasteiger partial charge < -0.3 is 14.6 Å². The molecule has 1 aromatic rings. The van der Waals surface area contributed by atoms with E-state index in [9.17, 15) is 4.79 Å². The predicted octanol–water partition coefficient (Wildman–Crippen LogP) is 3.54. The number of phenolic OH excluding ortho intramolecular Hbond substituents is 1. The maximum Gasteiger partial charge on any atom is 0.338 e. The van der Waals surface area contributed by atoms with Crippen LogP contribution in [0, 0.1) is 0 Å². The first-order valence-corrected chi connectivity index (χ1v) is 7.28. The minimum Gasteiger partial charge on any atom is -0.508 e. The minimum absolute atomic E-state index is 0.132. The molecule has 0 aliphatic rings. The van der Waals surface area contributed by atoms with E-state index >= 15 is 0 Å². The summed E-state index contributed by atoms with van der Waals surface area (Å²) in [6.07, 6.45) is 6.04. The van der Waals surface area contributed by atoms with Crippen LogP contribution >= 0.6 is 0 Å². The molecular weight excluding hydrogens is 256 g/mol. The van der Waals surface area contributed by atoms with Crippen LogP contribution < -0.4 is 0 Å². The van der Waals surface area contributed by atoms with Crippen molar-refractivity contribution in [2.45, 2.75) is 39.0 Å². The molecule has 1 rings (SSSR count). The SMILES string of the molecule is CCCCCCCOCCOC(=O)c1ccc(O)cc1. The molecule has 0 atom stereocenters. The first kappa shape index (κ1) is 16.5. The van der Waals surface area contributed by atoms with Gasteiger partial charge in [0.25, 0.3) is 0 Å². The quantitative estimate of drug-likeness (QED) is 0.526. The summed E-state index contributed by atoms with van der Waals surface area (Å²) in [6.45, 7) is 3.60. The van der Waals surface area contributed by atoms with E-state index in [0.29, 0.717) is 12.2 Å². The Kier molecular flexibility index (Phi) is 8.47. The Morgan fingerprint density at radius 3 is 2.40 bits per heavy atom. The van der Waals surface area contributed by atoms with Crippen LogP contribution in [0.4, 0.5) is 0 Å². The molecule has 0 aliphatic heterocycles. The Morgan fingerprint density at radius 1 is 1.00 bits per heavy atom. The van der Waals surface area contributed by atoms with Gasteiger partial charge in [0.1, 0.15) is 12.4 Å². The Morgan fingerprint density at radius 2 is 1.70 bits per heavy atom. The molecule has 4 nitrogen and oxygen atoms in total. The highest BCUT2D eigenvalue weighted by Gasteiger charge is 2.06. The Labute approximate surface area is 120 Å². The van der Waals surface area contributed by atoms with E-state index in [1.165, 1.54) is 49.9 Å². The molecule has 0 amide bonds. The molecule has 1 N–H and O–H groups in total. The summed E-state index contributed by atoms with van der Waals surface area (Å²) < 4.78 is 10.5. The average molecular weight is 280 g/mol. The van der Waals surface area contributed by atoms with Crippen molar-refractivity contribution >= 4 is 5.97 Å². The molecule has 0 aliphatic carbocycles. The van der Waals surface area contributed by atoms with Crippen LogP contribution in [-0.4, -0.2) is 30.9 Å². The third kappa shape index (κ3) is 7.14. The summed E-state index contributed by atoms with van der Waals surface area (Å²) in [5.74, 6) is -0.260. The largest absolute Gasteiger partial charge is 0.508 e. The van der Waals surface area contributed by atoms with Crippen molar-refractivity contribution in [2.24, 2.45) is 0 Å². The molecule has 0 heterocycles. The number of ether oxygens (including phenoxy) is 2. The number of esters is 1. The van der Waals surface area contributed by atoms with Crippen LogP contribution in [0.1, 0.15) is 49.4 Å². The summed E-state index contributed by atoms with van der Waals surface area (Å²) in [4.78, 5) is 11.6. The lowest BCUT2D eigenvalue weighted by Crippen LogP contribution is -2.11. The predicted molar refractivity (Wildman–Crippen MR) is 78.0 cm³/mol. The molecule has 0 bridgehead atoms. The van der Waals surface area contributed by atoms with Crippen molar-refractivity contribution in [3.05, 3.63) is 29.8 Å². The summed E-state index contributed by atoms with van der Waals surface area (Å²) in [6, 6.07) is 5.99. The van der Waals surface area contributed by atoms with Crippen molar-refractivity contribution in [2.75, 3.05) is 19.8 Å². The maximum absolute atomic E-state index is 11.6. The van der Waals surface area contributed by atoms with Crippen LogP contribution in [0.2, 0.25) is 0 Å². The number of rotatable bonds is 10. The van der Waals surface area contributed by atoms with Gasteiger partial charge in [-0.15, -0.1) is 0 Å². The van der Waals surface area contributed by atoms with Gasteiger partial charge in [0, 0.05) is 6.61 Å². The van der Waals surface area contributed by atoms with E-state index in [4.69, 9.17) is 14.6 Å². The van der Waals surface area contributed by atoms with Gasteiger partial charge in [-0.3, -0.25) is 0 Å². The van der Waals surface area contributed by atoms with E-state index < -0.39 is 5.97 Å². The number of hydrogen-bond acceptors (Lipinski definition) is 4. The Bertz CT molecular complexity index is 373. The smallest absolute Gasteiger partial charge is 0.338 e. The second-order valence-corrected chi connectivity index (χ2v) is 4.71.